The van der Waals surface area contributed by atoms with E-state index in [9.17, 15) is 22.6 Å². The third-order valence-corrected chi connectivity index (χ3v) is 5.79. The van der Waals surface area contributed by atoms with Gasteiger partial charge in [-0.15, -0.1) is 11.3 Å². The van der Waals surface area contributed by atoms with Gasteiger partial charge < -0.3 is 15.9 Å². The molecule has 1 fully saturated rings. The van der Waals surface area contributed by atoms with Crippen LogP contribution >= 0.6 is 22.9 Å². The first-order valence-corrected chi connectivity index (χ1v) is 10.5. The number of amides is 2. The second-order valence-corrected chi connectivity index (χ2v) is 8.37. The largest absolute Gasteiger partial charge is 0.398 e. The molecule has 0 spiro atoms. The fraction of sp³-hybridized carbons (Fsp3) is 0.200. The summed E-state index contributed by atoms with van der Waals surface area (Å²) < 4.78 is 32.9. The van der Waals surface area contributed by atoms with E-state index < -0.39 is 34.2 Å². The van der Waals surface area contributed by atoms with Crippen molar-refractivity contribution in [2.75, 3.05) is 12.8 Å². The van der Waals surface area contributed by atoms with Gasteiger partial charge in [0.05, 0.1) is 0 Å². The van der Waals surface area contributed by atoms with Gasteiger partial charge in [-0.1, -0.05) is 28.9 Å². The highest BCUT2D eigenvalue weighted by atomic mass is 35.5. The number of hydrogen-bond donors (Lipinski definition) is 3. The third kappa shape index (κ3) is 4.17. The maximum absolute atomic E-state index is 12.7. The zero-order chi connectivity index (χ0) is 21.3. The molecule has 2 heterocycles. The Morgan fingerprint density at radius 1 is 1.41 bits per heavy atom. The molecule has 1 saturated heterocycles. The van der Waals surface area contributed by atoms with Gasteiger partial charge in [-0.3, -0.25) is 14.1 Å². The number of carbonyl (C=O) groups is 2. The number of benzene rings is 1. The van der Waals surface area contributed by atoms with Gasteiger partial charge in [0.1, 0.15) is 24.9 Å². The number of β-lactam (4-membered cyclic amide) rings is 1. The first-order valence-electron chi connectivity index (χ1n) is 7.83. The molecule has 2 aromatic rings. The molecule has 4 N–H and O–H groups in total. The predicted molar refractivity (Wildman–Crippen MR) is 105 cm³/mol. The lowest BCUT2D eigenvalue weighted by molar-refractivity contribution is -0.145. The molecule has 14 heteroatoms. The number of carbonyl (C=O) groups excluding carboxylic acids is 2. The van der Waals surface area contributed by atoms with E-state index in [1.54, 1.807) is 0 Å². The first kappa shape index (κ1) is 21.0. The number of nitrogens with two attached hydrogens (primary N) is 1. The van der Waals surface area contributed by atoms with Gasteiger partial charge in [0.2, 0.25) is 0 Å². The van der Waals surface area contributed by atoms with Crippen LogP contribution in [0.25, 0.3) is 0 Å². The van der Waals surface area contributed by atoms with E-state index in [0.717, 1.165) is 11.3 Å². The average molecular weight is 460 g/mol. The van der Waals surface area contributed by atoms with Crippen LogP contribution in [-0.2, 0) is 24.7 Å². The van der Waals surface area contributed by atoms with Crippen LogP contribution in [0.2, 0.25) is 5.02 Å². The monoisotopic (exact) mass is 459 g/mol. The van der Waals surface area contributed by atoms with Crippen LogP contribution in [0.4, 0.5) is 5.13 Å². The summed E-state index contributed by atoms with van der Waals surface area (Å²) >= 11 is 6.90. The lowest BCUT2D eigenvalue weighted by Gasteiger charge is -2.44. The average Bonchev–Trinajstić information content (AvgIpc) is 3.07. The van der Waals surface area contributed by atoms with Crippen LogP contribution in [0.3, 0.4) is 0 Å². The molecule has 2 amide bonds. The van der Waals surface area contributed by atoms with E-state index in [2.05, 4.69) is 20.3 Å². The quantitative estimate of drug-likeness (QED) is 0.244. The summed E-state index contributed by atoms with van der Waals surface area (Å²) in [5.74, 6) is -1.86. The van der Waals surface area contributed by atoms with Crippen molar-refractivity contribution in [2.24, 2.45) is 5.16 Å². The van der Waals surface area contributed by atoms with Crippen LogP contribution < -0.4 is 11.1 Å². The lowest BCUT2D eigenvalue weighted by Crippen LogP contribution is -2.67. The molecule has 2 unspecified atom stereocenters. The molecule has 2 atom stereocenters. The Morgan fingerprint density at radius 2 is 2.07 bits per heavy atom. The van der Waals surface area contributed by atoms with Gasteiger partial charge in [0, 0.05) is 10.4 Å². The Bertz CT molecular complexity index is 1080. The van der Waals surface area contributed by atoms with Gasteiger partial charge in [0.25, 0.3) is 11.8 Å². The van der Waals surface area contributed by atoms with Crippen LogP contribution in [0.5, 0.6) is 0 Å². The number of halogens is 1. The summed E-state index contributed by atoms with van der Waals surface area (Å²) in [6, 6.07) is 3.45. The van der Waals surface area contributed by atoms with Crippen molar-refractivity contribution in [1.29, 1.82) is 0 Å². The summed E-state index contributed by atoms with van der Waals surface area (Å²) in [6.45, 7) is 0. The maximum Gasteiger partial charge on any atom is 0.362 e. The minimum Gasteiger partial charge on any atom is -0.398 e. The van der Waals surface area contributed by atoms with Crippen molar-refractivity contribution < 1.29 is 27.4 Å². The SMILES string of the molecule is CON=C(C(=O)NC1C(=O)N(S(=O)(=O)O)C1c1ccc(Cl)cc1)c1csc(N)n1. The van der Waals surface area contributed by atoms with Crippen molar-refractivity contribution in [3.63, 3.8) is 0 Å². The number of anilines is 1. The minimum absolute atomic E-state index is 0.119. The lowest BCUT2D eigenvalue weighted by atomic mass is 9.91. The van der Waals surface area contributed by atoms with E-state index in [-0.39, 0.29) is 20.8 Å². The molecule has 0 bridgehead atoms. The summed E-state index contributed by atoms with van der Waals surface area (Å²) in [7, 11) is -3.64. The summed E-state index contributed by atoms with van der Waals surface area (Å²) in [5.41, 5.74) is 5.76. The molecule has 29 heavy (non-hydrogen) atoms. The molecular weight excluding hydrogens is 446 g/mol. The molecular formula is C15H14ClN5O6S2. The smallest absolute Gasteiger partial charge is 0.362 e. The Kier molecular flexibility index (Phi) is 5.75. The zero-order valence-corrected chi connectivity index (χ0v) is 17.0. The fourth-order valence-electron chi connectivity index (χ4n) is 2.75. The number of nitrogens with zero attached hydrogens (tertiary/aromatic N) is 3. The molecule has 1 aromatic heterocycles. The summed E-state index contributed by atoms with van der Waals surface area (Å²) in [6.07, 6.45) is 0. The van der Waals surface area contributed by atoms with Crippen molar-refractivity contribution in [3.05, 3.63) is 45.9 Å². The van der Waals surface area contributed by atoms with Crippen LogP contribution in [-0.4, -0.2) is 52.9 Å². The zero-order valence-electron chi connectivity index (χ0n) is 14.6. The fourth-order valence-corrected chi connectivity index (χ4v) is 4.30. The van der Waals surface area contributed by atoms with Crippen molar-refractivity contribution in [2.45, 2.75) is 12.1 Å². The molecule has 1 aromatic carbocycles. The number of aromatic nitrogens is 1. The van der Waals surface area contributed by atoms with Crippen LogP contribution in [0.15, 0.2) is 34.8 Å². The Hall–Kier alpha value is -2.74. The molecule has 3 rings (SSSR count). The van der Waals surface area contributed by atoms with E-state index in [1.807, 2.05) is 0 Å². The minimum atomic E-state index is -4.85. The summed E-state index contributed by atoms with van der Waals surface area (Å²) in [4.78, 5) is 33.6. The highest BCUT2D eigenvalue weighted by molar-refractivity contribution is 7.84. The van der Waals surface area contributed by atoms with Crippen molar-refractivity contribution >= 4 is 55.9 Å². The molecule has 0 aliphatic carbocycles. The van der Waals surface area contributed by atoms with Gasteiger partial charge in [-0.25, -0.2) is 9.29 Å². The number of oxime groups is 1. The Labute approximate surface area is 174 Å². The maximum atomic E-state index is 12.7. The molecule has 11 nitrogen and oxygen atoms in total. The number of thiazole rings is 1. The Balaban J connectivity index is 1.91. The molecule has 1 aliphatic rings. The van der Waals surface area contributed by atoms with Crippen LogP contribution in [0.1, 0.15) is 17.3 Å². The number of rotatable bonds is 6. The Morgan fingerprint density at radius 3 is 2.59 bits per heavy atom. The predicted octanol–water partition coefficient (Wildman–Crippen LogP) is 0.600. The molecule has 0 radical (unpaired) electrons. The van der Waals surface area contributed by atoms with Gasteiger partial charge in [-0.05, 0) is 17.7 Å². The van der Waals surface area contributed by atoms with E-state index in [0.29, 0.717) is 10.6 Å². The topological polar surface area (TPSA) is 164 Å². The van der Waals surface area contributed by atoms with Gasteiger partial charge >= 0.3 is 10.3 Å². The number of hydrogen-bond acceptors (Lipinski definition) is 9. The standard InChI is InChI=1S/C15H14ClN5O6S2/c1-27-20-10(9-6-28-15(17)18-9)13(22)19-11-12(7-2-4-8(16)5-3-7)21(14(11)23)29(24,25)26/h2-6,11-12H,1H3,(H2,17,18)(H,19,22)(H,24,25,26). The highest BCUT2D eigenvalue weighted by Gasteiger charge is 2.55. The first-order chi connectivity index (χ1) is 13.6. The van der Waals surface area contributed by atoms with E-state index in [4.69, 9.17) is 17.3 Å². The number of nitrogens with one attached hydrogen (secondary N) is 1. The molecule has 154 valence electrons. The summed E-state index contributed by atoms with van der Waals surface area (Å²) in [5, 5.41) is 8.04. The third-order valence-electron chi connectivity index (χ3n) is 3.96. The molecule has 1 aliphatic heterocycles. The van der Waals surface area contributed by atoms with Crippen LogP contribution in [0, 0.1) is 0 Å². The van der Waals surface area contributed by atoms with Gasteiger partial charge in [0.15, 0.2) is 10.8 Å². The normalized spacial score (nSPS) is 19.6. The van der Waals surface area contributed by atoms with Crippen molar-refractivity contribution in [3.8, 4) is 0 Å². The highest BCUT2D eigenvalue weighted by Crippen LogP contribution is 2.37. The van der Waals surface area contributed by atoms with Crippen molar-refractivity contribution in [1.82, 2.24) is 14.6 Å². The second-order valence-electron chi connectivity index (χ2n) is 5.75. The van der Waals surface area contributed by atoms with E-state index in [1.165, 1.54) is 36.8 Å². The number of nitrogen functional groups attached to an aromatic ring is 1. The van der Waals surface area contributed by atoms with Gasteiger partial charge in [-0.2, -0.15) is 8.42 Å². The van der Waals surface area contributed by atoms with E-state index >= 15 is 0 Å². The molecule has 0 saturated carbocycles. The second kappa shape index (κ2) is 7.94.